The number of esters is 1. The van der Waals surface area contributed by atoms with Gasteiger partial charge in [-0.1, -0.05) is 0 Å². The van der Waals surface area contributed by atoms with Crippen molar-refractivity contribution in [2.75, 3.05) is 25.4 Å². The van der Waals surface area contributed by atoms with Gasteiger partial charge in [0.05, 0.1) is 17.3 Å². The maximum atomic E-state index is 12.6. The van der Waals surface area contributed by atoms with Crippen molar-refractivity contribution in [1.82, 2.24) is 4.90 Å². The molecular formula is C14H23NO3S. The van der Waals surface area contributed by atoms with Crippen LogP contribution in [-0.2, 0) is 14.3 Å². The quantitative estimate of drug-likeness (QED) is 0.745. The predicted molar refractivity (Wildman–Crippen MR) is 76.0 cm³/mol. The number of amides is 1. The van der Waals surface area contributed by atoms with Crippen LogP contribution in [0.5, 0.6) is 0 Å². The molecule has 0 aromatic rings. The van der Waals surface area contributed by atoms with E-state index in [1.54, 1.807) is 11.8 Å². The van der Waals surface area contributed by atoms with Gasteiger partial charge in [-0.25, -0.2) is 0 Å². The average molecular weight is 285 g/mol. The molecule has 2 fully saturated rings. The van der Waals surface area contributed by atoms with Crippen molar-refractivity contribution in [3.63, 3.8) is 0 Å². The summed E-state index contributed by atoms with van der Waals surface area (Å²) in [5, 5.41) is 0. The predicted octanol–water partition coefficient (Wildman–Crippen LogP) is 2.07. The molecule has 0 saturated carbocycles. The molecule has 2 aliphatic rings. The van der Waals surface area contributed by atoms with E-state index in [1.165, 1.54) is 0 Å². The number of likely N-dealkylation sites (tertiary alicyclic amines) is 1. The molecule has 0 aromatic heterocycles. The highest BCUT2D eigenvalue weighted by Gasteiger charge is 2.42. The summed E-state index contributed by atoms with van der Waals surface area (Å²) in [6.45, 7) is 5.59. The Morgan fingerprint density at radius 1 is 1.42 bits per heavy atom. The third kappa shape index (κ3) is 3.25. The Balaban J connectivity index is 1.97. The molecule has 0 N–H and O–H groups in total. The maximum absolute atomic E-state index is 12.6. The Kier molecular flexibility index (Phi) is 4.76. The molecule has 0 bridgehead atoms. The molecule has 2 saturated heterocycles. The second kappa shape index (κ2) is 6.16. The third-order valence-electron chi connectivity index (χ3n) is 4.00. The largest absolute Gasteiger partial charge is 0.466 e. The van der Waals surface area contributed by atoms with Gasteiger partial charge in [0.2, 0.25) is 5.91 Å². The van der Waals surface area contributed by atoms with Gasteiger partial charge in [0.1, 0.15) is 0 Å². The monoisotopic (exact) mass is 285 g/mol. The van der Waals surface area contributed by atoms with Crippen LogP contribution in [0.1, 0.15) is 39.5 Å². The number of carbonyl (C=O) groups is 2. The van der Waals surface area contributed by atoms with E-state index < -0.39 is 0 Å². The van der Waals surface area contributed by atoms with Crippen molar-refractivity contribution in [2.45, 2.75) is 44.3 Å². The highest BCUT2D eigenvalue weighted by molar-refractivity contribution is 8.01. The van der Waals surface area contributed by atoms with Crippen LogP contribution in [0.15, 0.2) is 0 Å². The van der Waals surface area contributed by atoms with E-state index >= 15 is 0 Å². The molecule has 2 atom stereocenters. The first-order chi connectivity index (χ1) is 9.07. The van der Waals surface area contributed by atoms with Crippen LogP contribution in [0, 0.1) is 5.92 Å². The van der Waals surface area contributed by atoms with Gasteiger partial charge in [-0.05, 0) is 45.3 Å². The summed E-state index contributed by atoms with van der Waals surface area (Å²) in [5.41, 5.74) is 0. The van der Waals surface area contributed by atoms with E-state index in [0.717, 1.165) is 38.0 Å². The SMILES string of the molecule is CCOC(=O)C1CCCN(C(=O)C2(C)CCCS2)C1. The molecule has 0 aliphatic carbocycles. The molecule has 0 aromatic carbocycles. The molecule has 5 heteroatoms. The number of ether oxygens (including phenoxy) is 1. The standard InChI is InChI=1S/C14H23NO3S/c1-3-18-12(16)11-6-4-8-15(10-11)13(17)14(2)7-5-9-19-14/h11H,3-10H2,1-2H3. The molecule has 108 valence electrons. The van der Waals surface area contributed by atoms with Crippen molar-refractivity contribution < 1.29 is 14.3 Å². The number of piperidine rings is 1. The number of thioether (sulfide) groups is 1. The lowest BCUT2D eigenvalue weighted by molar-refractivity contribution is -0.151. The number of carbonyl (C=O) groups excluding carboxylic acids is 2. The summed E-state index contributed by atoms with van der Waals surface area (Å²) < 4.78 is 4.81. The topological polar surface area (TPSA) is 46.6 Å². The Hall–Kier alpha value is -0.710. The van der Waals surface area contributed by atoms with Crippen LogP contribution in [0.25, 0.3) is 0 Å². The summed E-state index contributed by atoms with van der Waals surface area (Å²) in [5.74, 6) is 0.998. The smallest absolute Gasteiger partial charge is 0.310 e. The number of rotatable bonds is 3. The zero-order valence-electron chi connectivity index (χ0n) is 11.8. The first kappa shape index (κ1) is 14.7. The molecular weight excluding hydrogens is 262 g/mol. The fourth-order valence-electron chi connectivity index (χ4n) is 2.90. The fraction of sp³-hybridized carbons (Fsp3) is 0.857. The van der Waals surface area contributed by atoms with E-state index in [4.69, 9.17) is 4.74 Å². The van der Waals surface area contributed by atoms with Crippen molar-refractivity contribution >= 4 is 23.6 Å². The van der Waals surface area contributed by atoms with Gasteiger partial charge in [0.25, 0.3) is 0 Å². The summed E-state index contributed by atoms with van der Waals surface area (Å²) in [6, 6.07) is 0. The number of hydrogen-bond donors (Lipinski definition) is 0. The van der Waals surface area contributed by atoms with Crippen molar-refractivity contribution in [3.05, 3.63) is 0 Å². The highest BCUT2D eigenvalue weighted by Crippen LogP contribution is 2.39. The third-order valence-corrected chi connectivity index (χ3v) is 5.51. The molecule has 0 radical (unpaired) electrons. The van der Waals surface area contributed by atoms with Gasteiger partial charge in [-0.15, -0.1) is 11.8 Å². The number of nitrogens with zero attached hydrogens (tertiary/aromatic N) is 1. The van der Waals surface area contributed by atoms with Crippen LogP contribution in [0.3, 0.4) is 0 Å². The van der Waals surface area contributed by atoms with E-state index in [1.807, 2.05) is 18.7 Å². The second-order valence-electron chi connectivity index (χ2n) is 5.53. The van der Waals surface area contributed by atoms with Crippen molar-refractivity contribution in [3.8, 4) is 0 Å². The lowest BCUT2D eigenvalue weighted by Gasteiger charge is -2.36. The Morgan fingerprint density at radius 2 is 2.21 bits per heavy atom. The van der Waals surface area contributed by atoms with Crippen LogP contribution >= 0.6 is 11.8 Å². The van der Waals surface area contributed by atoms with E-state index in [9.17, 15) is 9.59 Å². The summed E-state index contributed by atoms with van der Waals surface area (Å²) in [4.78, 5) is 26.3. The van der Waals surface area contributed by atoms with Crippen LogP contribution < -0.4 is 0 Å². The average Bonchev–Trinajstić information content (AvgIpc) is 2.86. The molecule has 0 spiro atoms. The zero-order valence-corrected chi connectivity index (χ0v) is 12.6. The van der Waals surface area contributed by atoms with E-state index in [2.05, 4.69) is 0 Å². The molecule has 2 rings (SSSR count). The van der Waals surface area contributed by atoms with Crippen LogP contribution in [0.4, 0.5) is 0 Å². The number of hydrogen-bond acceptors (Lipinski definition) is 4. The zero-order chi connectivity index (χ0) is 13.9. The van der Waals surface area contributed by atoms with Crippen molar-refractivity contribution in [1.29, 1.82) is 0 Å². The molecule has 2 aliphatic heterocycles. The maximum Gasteiger partial charge on any atom is 0.310 e. The summed E-state index contributed by atoms with van der Waals surface area (Å²) in [6.07, 6.45) is 3.81. The molecule has 2 unspecified atom stereocenters. The lowest BCUT2D eigenvalue weighted by Crippen LogP contribution is -2.49. The Morgan fingerprint density at radius 3 is 2.84 bits per heavy atom. The van der Waals surface area contributed by atoms with Gasteiger partial charge in [0, 0.05) is 13.1 Å². The second-order valence-corrected chi connectivity index (χ2v) is 7.12. The first-order valence-corrected chi connectivity index (χ1v) is 8.15. The van der Waals surface area contributed by atoms with Gasteiger partial charge >= 0.3 is 5.97 Å². The molecule has 1 amide bonds. The fourth-order valence-corrected chi connectivity index (χ4v) is 4.18. The minimum absolute atomic E-state index is 0.132. The van der Waals surface area contributed by atoms with Crippen LogP contribution in [-0.4, -0.2) is 47.0 Å². The molecule has 2 heterocycles. The van der Waals surface area contributed by atoms with Crippen LogP contribution in [0.2, 0.25) is 0 Å². The van der Waals surface area contributed by atoms with Crippen molar-refractivity contribution in [2.24, 2.45) is 5.92 Å². The molecule has 19 heavy (non-hydrogen) atoms. The Bertz CT molecular complexity index is 353. The minimum Gasteiger partial charge on any atom is -0.466 e. The molecule has 4 nitrogen and oxygen atoms in total. The van der Waals surface area contributed by atoms with Gasteiger partial charge in [0.15, 0.2) is 0 Å². The summed E-state index contributed by atoms with van der Waals surface area (Å²) in [7, 11) is 0. The van der Waals surface area contributed by atoms with E-state index in [0.29, 0.717) is 13.2 Å². The Labute approximate surface area is 119 Å². The minimum atomic E-state index is -0.267. The highest BCUT2D eigenvalue weighted by atomic mass is 32.2. The van der Waals surface area contributed by atoms with E-state index in [-0.39, 0.29) is 22.5 Å². The first-order valence-electron chi connectivity index (χ1n) is 7.17. The van der Waals surface area contributed by atoms with Gasteiger partial charge in [-0.3, -0.25) is 9.59 Å². The normalized spacial score (nSPS) is 31.3. The van der Waals surface area contributed by atoms with Gasteiger partial charge < -0.3 is 9.64 Å². The lowest BCUT2D eigenvalue weighted by atomic mass is 9.95. The van der Waals surface area contributed by atoms with Gasteiger partial charge in [-0.2, -0.15) is 0 Å². The summed E-state index contributed by atoms with van der Waals surface area (Å²) >= 11 is 1.76.